The summed E-state index contributed by atoms with van der Waals surface area (Å²) < 4.78 is 5.22. The van der Waals surface area contributed by atoms with Gasteiger partial charge in [-0.1, -0.05) is 41.5 Å². The van der Waals surface area contributed by atoms with Gasteiger partial charge in [0.05, 0.1) is 19.3 Å². The van der Waals surface area contributed by atoms with Crippen molar-refractivity contribution in [2.45, 2.75) is 32.5 Å². The summed E-state index contributed by atoms with van der Waals surface area (Å²) in [7, 11) is 1.59. The van der Waals surface area contributed by atoms with Crippen LogP contribution in [0.1, 0.15) is 20.3 Å². The van der Waals surface area contributed by atoms with Crippen molar-refractivity contribution < 1.29 is 35.1 Å². The Kier molecular flexibility index (Phi) is 10.6. The Labute approximate surface area is 179 Å². The smallest absolute Gasteiger partial charge is 0.194 e. The minimum atomic E-state index is -0.375. The molecule has 0 aliphatic heterocycles. The molecule has 0 saturated heterocycles. The second kappa shape index (κ2) is 12.4. The number of hydrogen-bond acceptors (Lipinski definition) is 5. The molecule has 6 heteroatoms. The summed E-state index contributed by atoms with van der Waals surface area (Å²) in [5.41, 5.74) is 3.86. The third kappa shape index (κ3) is 7.49. The van der Waals surface area contributed by atoms with E-state index >= 15 is 0 Å². The first-order chi connectivity index (χ1) is 13.0. The molecule has 0 aliphatic carbocycles. The van der Waals surface area contributed by atoms with E-state index in [2.05, 4.69) is 34.2 Å². The summed E-state index contributed by atoms with van der Waals surface area (Å²) in [6, 6.07) is 19.4. The summed E-state index contributed by atoms with van der Waals surface area (Å²) in [6.45, 7) is 3.32. The first kappa shape index (κ1) is 23.9. The fraction of sp³-hybridized carbons (Fsp3) is 0.273. The molecular formula is C22H25IrN2O3-. The van der Waals surface area contributed by atoms with Gasteiger partial charge in [-0.05, 0) is 20.3 Å². The SMILES string of the molecule is CC(O)CC(C)O.COc1nccnc1-c1[c-]cc(-c2ccccc2)cc1.[Ir]. The van der Waals surface area contributed by atoms with Crippen molar-refractivity contribution in [1.29, 1.82) is 0 Å². The topological polar surface area (TPSA) is 75.5 Å². The summed E-state index contributed by atoms with van der Waals surface area (Å²) in [5, 5.41) is 17.1. The van der Waals surface area contributed by atoms with Crippen LogP contribution in [0.5, 0.6) is 5.88 Å². The zero-order valence-electron chi connectivity index (χ0n) is 16.2. The molecule has 3 aromatic rings. The largest absolute Gasteiger partial charge is 0.486 e. The third-order valence-electron chi connectivity index (χ3n) is 3.72. The molecule has 2 aromatic carbocycles. The molecule has 5 nitrogen and oxygen atoms in total. The quantitative estimate of drug-likeness (QED) is 0.468. The number of aromatic nitrogens is 2. The molecule has 0 amide bonds. The fourth-order valence-electron chi connectivity index (χ4n) is 2.54. The monoisotopic (exact) mass is 558 g/mol. The predicted octanol–water partition coefficient (Wildman–Crippen LogP) is 3.75. The number of hydrogen-bond donors (Lipinski definition) is 2. The van der Waals surface area contributed by atoms with Crippen molar-refractivity contribution >= 4 is 0 Å². The molecule has 28 heavy (non-hydrogen) atoms. The van der Waals surface area contributed by atoms with Crippen molar-refractivity contribution in [2.75, 3.05) is 7.11 Å². The van der Waals surface area contributed by atoms with Gasteiger partial charge in [0.2, 0.25) is 0 Å². The third-order valence-corrected chi connectivity index (χ3v) is 3.72. The molecule has 2 atom stereocenters. The number of rotatable bonds is 5. The molecule has 3 rings (SSSR count). The van der Waals surface area contributed by atoms with E-state index in [-0.39, 0.29) is 32.3 Å². The van der Waals surface area contributed by atoms with E-state index in [4.69, 9.17) is 14.9 Å². The van der Waals surface area contributed by atoms with Crippen LogP contribution in [0.25, 0.3) is 22.4 Å². The van der Waals surface area contributed by atoms with Crippen molar-refractivity contribution in [3.8, 4) is 28.3 Å². The Balaban J connectivity index is 0.000000425. The summed E-state index contributed by atoms with van der Waals surface area (Å²) >= 11 is 0. The number of methoxy groups -OCH3 is 1. The second-order valence-corrected chi connectivity index (χ2v) is 6.21. The normalized spacial score (nSPS) is 12.0. The van der Waals surface area contributed by atoms with Crippen LogP contribution in [0.4, 0.5) is 0 Å². The Morgan fingerprint density at radius 3 is 2.07 bits per heavy atom. The van der Waals surface area contributed by atoms with Crippen molar-refractivity contribution in [2.24, 2.45) is 0 Å². The summed E-state index contributed by atoms with van der Waals surface area (Å²) in [4.78, 5) is 8.45. The van der Waals surface area contributed by atoms with Crippen LogP contribution in [0.2, 0.25) is 0 Å². The van der Waals surface area contributed by atoms with Crippen LogP contribution in [0.3, 0.4) is 0 Å². The van der Waals surface area contributed by atoms with Crippen LogP contribution in [0, 0.1) is 6.07 Å². The van der Waals surface area contributed by atoms with Crippen molar-refractivity contribution in [1.82, 2.24) is 9.97 Å². The number of nitrogens with zero attached hydrogens (tertiary/aromatic N) is 2. The molecule has 1 radical (unpaired) electrons. The number of aliphatic hydroxyl groups excluding tert-OH is 2. The van der Waals surface area contributed by atoms with E-state index in [1.807, 2.05) is 30.3 Å². The van der Waals surface area contributed by atoms with Crippen LogP contribution in [-0.4, -0.2) is 39.5 Å². The zero-order chi connectivity index (χ0) is 19.6. The van der Waals surface area contributed by atoms with Gasteiger partial charge in [0.1, 0.15) is 0 Å². The molecule has 2 unspecified atom stereocenters. The van der Waals surface area contributed by atoms with Gasteiger partial charge in [0.25, 0.3) is 0 Å². The van der Waals surface area contributed by atoms with E-state index < -0.39 is 0 Å². The Morgan fingerprint density at radius 1 is 0.929 bits per heavy atom. The van der Waals surface area contributed by atoms with Crippen LogP contribution in [-0.2, 0) is 20.1 Å². The Bertz CT molecular complexity index is 804. The molecule has 0 aliphatic rings. The minimum absolute atomic E-state index is 0. The average molecular weight is 558 g/mol. The minimum Gasteiger partial charge on any atom is -0.486 e. The molecular weight excluding hydrogens is 532 g/mol. The first-order valence-corrected chi connectivity index (χ1v) is 8.80. The van der Waals surface area contributed by atoms with E-state index in [1.54, 1.807) is 33.4 Å². The molecule has 1 aromatic heterocycles. The number of aliphatic hydroxyl groups is 2. The van der Waals surface area contributed by atoms with E-state index in [0.29, 0.717) is 18.0 Å². The number of benzene rings is 2. The Morgan fingerprint density at radius 2 is 1.57 bits per heavy atom. The standard InChI is InChI=1S/C17H13N2O.C5H12O2.Ir/c1-20-17-16(18-11-12-19-17)15-9-7-14(8-10-15)13-5-3-2-4-6-13;1-4(6)3-5(2)7;/h2-9,11-12H,1H3;4-7H,3H2,1-2H3;/q-1;;. The van der Waals surface area contributed by atoms with Crippen LogP contribution < -0.4 is 4.74 Å². The van der Waals surface area contributed by atoms with Gasteiger partial charge in [0.15, 0.2) is 5.88 Å². The Hall–Kier alpha value is -2.11. The zero-order valence-corrected chi connectivity index (χ0v) is 18.6. The van der Waals surface area contributed by atoms with E-state index in [1.165, 1.54) is 5.56 Å². The van der Waals surface area contributed by atoms with Gasteiger partial charge in [-0.15, -0.1) is 29.8 Å². The van der Waals surface area contributed by atoms with Gasteiger partial charge in [-0.2, -0.15) is 0 Å². The molecule has 0 bridgehead atoms. The van der Waals surface area contributed by atoms with Gasteiger partial charge >= 0.3 is 0 Å². The van der Waals surface area contributed by atoms with E-state index in [0.717, 1.165) is 11.1 Å². The molecule has 0 spiro atoms. The molecule has 1 heterocycles. The van der Waals surface area contributed by atoms with Gasteiger partial charge in [-0.3, -0.25) is 4.98 Å². The molecule has 2 N–H and O–H groups in total. The second-order valence-electron chi connectivity index (χ2n) is 6.21. The predicted molar refractivity (Wildman–Crippen MR) is 106 cm³/mol. The number of ether oxygens (including phenoxy) is 1. The maximum Gasteiger partial charge on any atom is 0.194 e. The first-order valence-electron chi connectivity index (χ1n) is 8.80. The van der Waals surface area contributed by atoms with Gasteiger partial charge < -0.3 is 14.9 Å². The summed E-state index contributed by atoms with van der Waals surface area (Å²) in [6.07, 6.45) is 2.98. The van der Waals surface area contributed by atoms with E-state index in [9.17, 15) is 0 Å². The molecule has 0 fully saturated rings. The molecule has 0 saturated carbocycles. The summed E-state index contributed by atoms with van der Waals surface area (Å²) in [5.74, 6) is 0.510. The molecule has 151 valence electrons. The van der Waals surface area contributed by atoms with Crippen LogP contribution in [0.15, 0.2) is 60.9 Å². The van der Waals surface area contributed by atoms with Crippen molar-refractivity contribution in [3.05, 3.63) is 67.0 Å². The van der Waals surface area contributed by atoms with Gasteiger partial charge in [-0.25, -0.2) is 4.98 Å². The average Bonchev–Trinajstić information content (AvgIpc) is 2.68. The maximum absolute atomic E-state index is 8.56. The van der Waals surface area contributed by atoms with Crippen molar-refractivity contribution in [3.63, 3.8) is 0 Å². The van der Waals surface area contributed by atoms with Crippen LogP contribution >= 0.6 is 0 Å². The maximum atomic E-state index is 8.56. The fourth-order valence-corrected chi connectivity index (χ4v) is 2.54. The van der Waals surface area contributed by atoms with Gasteiger partial charge in [0, 0.05) is 38.2 Å².